The molecule has 0 unspecified atom stereocenters. The lowest BCUT2D eigenvalue weighted by Crippen LogP contribution is -2.33. The first-order valence-electron chi connectivity index (χ1n) is 5.40. The summed E-state index contributed by atoms with van der Waals surface area (Å²) in [5, 5.41) is 0. The van der Waals surface area contributed by atoms with Crippen LogP contribution < -0.4 is 4.90 Å². The summed E-state index contributed by atoms with van der Waals surface area (Å²) in [4.78, 5) is 22.4. The molecule has 15 heavy (non-hydrogen) atoms. The number of rotatable bonds is 2. The van der Waals surface area contributed by atoms with E-state index in [2.05, 4.69) is 21.8 Å². The van der Waals surface area contributed by atoms with E-state index in [9.17, 15) is 4.79 Å². The third-order valence-electron chi connectivity index (χ3n) is 2.73. The third kappa shape index (κ3) is 1.71. The predicted molar refractivity (Wildman–Crippen MR) is 58.2 cm³/mol. The molecular weight excluding hydrogens is 190 g/mol. The minimum atomic E-state index is 0.164. The van der Waals surface area contributed by atoms with E-state index in [4.69, 9.17) is 0 Å². The molecule has 2 rings (SSSR count). The van der Waals surface area contributed by atoms with E-state index in [-0.39, 0.29) is 5.78 Å². The molecule has 0 atom stereocenters. The summed E-state index contributed by atoms with van der Waals surface area (Å²) in [6.07, 6.45) is 3.06. The van der Waals surface area contributed by atoms with E-state index in [1.54, 1.807) is 6.20 Å². The van der Waals surface area contributed by atoms with Gasteiger partial charge in [-0.3, -0.25) is 4.79 Å². The molecule has 0 radical (unpaired) electrons. The second-order valence-corrected chi connectivity index (χ2v) is 3.63. The van der Waals surface area contributed by atoms with Crippen LogP contribution in [0.25, 0.3) is 0 Å². The lowest BCUT2D eigenvalue weighted by atomic mass is 10.1. The molecule has 0 spiro atoms. The molecule has 1 aliphatic rings. The molecule has 0 N–H and O–H groups in total. The largest absolute Gasteiger partial charge is 0.356 e. The molecule has 80 valence electrons. The molecule has 0 aliphatic carbocycles. The second-order valence-electron chi connectivity index (χ2n) is 3.63. The van der Waals surface area contributed by atoms with Crippen LogP contribution in [0.3, 0.4) is 0 Å². The number of Topliss-reactive ketones (excluding diaryl/α,β-unsaturated/α-hetero) is 1. The van der Waals surface area contributed by atoms with E-state index >= 15 is 0 Å². The van der Waals surface area contributed by atoms with Gasteiger partial charge < -0.3 is 4.90 Å². The molecule has 0 fully saturated rings. The Bertz CT molecular complexity index is 389. The Morgan fingerprint density at radius 3 is 2.93 bits per heavy atom. The van der Waals surface area contributed by atoms with Crippen LogP contribution in [-0.4, -0.2) is 28.8 Å². The van der Waals surface area contributed by atoms with Crippen LogP contribution in [0.2, 0.25) is 0 Å². The first kappa shape index (κ1) is 10.1. The number of fused-ring (bicyclic) bond motifs is 1. The van der Waals surface area contributed by atoms with Crippen molar-refractivity contribution in [2.45, 2.75) is 26.7 Å². The number of aryl methyl sites for hydroxylation is 1. The molecule has 1 aromatic heterocycles. The monoisotopic (exact) mass is 205 g/mol. The van der Waals surface area contributed by atoms with Crippen molar-refractivity contribution in [3.8, 4) is 0 Å². The van der Waals surface area contributed by atoms with Gasteiger partial charge in [-0.05, 0) is 6.92 Å². The number of hydrogen-bond acceptors (Lipinski definition) is 4. The molecule has 4 nitrogen and oxygen atoms in total. The first-order chi connectivity index (χ1) is 7.26. The number of aromatic nitrogens is 2. The summed E-state index contributed by atoms with van der Waals surface area (Å²) in [6, 6.07) is 0. The van der Waals surface area contributed by atoms with Crippen molar-refractivity contribution in [1.82, 2.24) is 9.97 Å². The highest BCUT2D eigenvalue weighted by Gasteiger charge is 2.23. The second kappa shape index (κ2) is 3.96. The fraction of sp³-hybridized carbons (Fsp3) is 0.545. The maximum absolute atomic E-state index is 11.6. The van der Waals surface area contributed by atoms with Gasteiger partial charge in [-0.1, -0.05) is 6.92 Å². The SMILES string of the molecule is CCc1ncc2c(n1)N(CC)CCC2=O. The van der Waals surface area contributed by atoms with Crippen molar-refractivity contribution in [2.75, 3.05) is 18.0 Å². The van der Waals surface area contributed by atoms with Crippen molar-refractivity contribution in [2.24, 2.45) is 0 Å². The van der Waals surface area contributed by atoms with E-state index in [0.29, 0.717) is 12.0 Å². The number of carbonyl (C=O) groups is 1. The van der Waals surface area contributed by atoms with Gasteiger partial charge in [0.05, 0.1) is 5.56 Å². The Labute approximate surface area is 89.3 Å². The van der Waals surface area contributed by atoms with E-state index < -0.39 is 0 Å². The Kier molecular flexibility index (Phi) is 2.66. The number of nitrogens with zero attached hydrogens (tertiary/aromatic N) is 3. The van der Waals surface area contributed by atoms with E-state index in [1.165, 1.54) is 0 Å². The van der Waals surface area contributed by atoms with Gasteiger partial charge in [-0.25, -0.2) is 9.97 Å². The van der Waals surface area contributed by atoms with Crippen molar-refractivity contribution >= 4 is 11.6 Å². The molecular formula is C11H15N3O. The van der Waals surface area contributed by atoms with Gasteiger partial charge in [0.15, 0.2) is 5.78 Å². The predicted octanol–water partition coefficient (Wildman–Crippen LogP) is 1.45. The van der Waals surface area contributed by atoms with E-state index in [1.807, 2.05) is 6.92 Å². The Morgan fingerprint density at radius 2 is 2.27 bits per heavy atom. The van der Waals surface area contributed by atoms with Gasteiger partial charge in [0.25, 0.3) is 0 Å². The lowest BCUT2D eigenvalue weighted by Gasteiger charge is -2.27. The summed E-state index contributed by atoms with van der Waals surface area (Å²) in [5.41, 5.74) is 0.681. The van der Waals surface area contributed by atoms with Crippen LogP contribution in [0.4, 0.5) is 5.82 Å². The molecule has 1 aromatic rings. The summed E-state index contributed by atoms with van der Waals surface area (Å²) < 4.78 is 0. The molecule has 0 amide bonds. The lowest BCUT2D eigenvalue weighted by molar-refractivity contribution is 0.0979. The van der Waals surface area contributed by atoms with Gasteiger partial charge in [-0.15, -0.1) is 0 Å². The van der Waals surface area contributed by atoms with Gasteiger partial charge in [0.1, 0.15) is 11.6 Å². The van der Waals surface area contributed by atoms with Gasteiger partial charge in [-0.2, -0.15) is 0 Å². The van der Waals surface area contributed by atoms with Crippen molar-refractivity contribution < 1.29 is 4.79 Å². The molecule has 0 saturated carbocycles. The fourth-order valence-electron chi connectivity index (χ4n) is 1.80. The molecule has 2 heterocycles. The standard InChI is InChI=1S/C11H15N3O/c1-3-10-12-7-8-9(15)5-6-14(4-2)11(8)13-10/h7H,3-6H2,1-2H3. The quantitative estimate of drug-likeness (QED) is 0.733. The molecule has 0 saturated heterocycles. The zero-order valence-electron chi connectivity index (χ0n) is 9.16. The van der Waals surface area contributed by atoms with Crippen molar-refractivity contribution in [3.05, 3.63) is 17.6 Å². The molecule has 0 bridgehead atoms. The maximum Gasteiger partial charge on any atom is 0.169 e. The average molecular weight is 205 g/mol. The average Bonchev–Trinajstić information content (AvgIpc) is 2.29. The van der Waals surface area contributed by atoms with Crippen LogP contribution in [0.1, 0.15) is 36.5 Å². The maximum atomic E-state index is 11.6. The number of ketones is 1. The molecule has 4 heteroatoms. The smallest absolute Gasteiger partial charge is 0.169 e. The van der Waals surface area contributed by atoms with Gasteiger partial charge in [0.2, 0.25) is 0 Å². The van der Waals surface area contributed by atoms with E-state index in [0.717, 1.165) is 31.2 Å². The zero-order valence-corrected chi connectivity index (χ0v) is 9.16. The number of anilines is 1. The number of hydrogen-bond donors (Lipinski definition) is 0. The minimum absolute atomic E-state index is 0.164. The minimum Gasteiger partial charge on any atom is -0.356 e. The Balaban J connectivity index is 2.48. The van der Waals surface area contributed by atoms with Gasteiger partial charge in [0, 0.05) is 32.1 Å². The Hall–Kier alpha value is -1.45. The fourth-order valence-corrected chi connectivity index (χ4v) is 1.80. The van der Waals surface area contributed by atoms with Gasteiger partial charge >= 0.3 is 0 Å². The van der Waals surface area contributed by atoms with Crippen LogP contribution in [0.5, 0.6) is 0 Å². The number of carbonyl (C=O) groups excluding carboxylic acids is 1. The normalized spacial score (nSPS) is 15.3. The van der Waals surface area contributed by atoms with Crippen molar-refractivity contribution in [1.29, 1.82) is 0 Å². The summed E-state index contributed by atoms with van der Waals surface area (Å²) in [6.45, 7) is 5.76. The summed E-state index contributed by atoms with van der Waals surface area (Å²) in [7, 11) is 0. The van der Waals surface area contributed by atoms with Crippen LogP contribution in [-0.2, 0) is 6.42 Å². The highest BCUT2D eigenvalue weighted by molar-refractivity contribution is 6.02. The van der Waals surface area contributed by atoms with Crippen LogP contribution in [0, 0.1) is 0 Å². The highest BCUT2D eigenvalue weighted by atomic mass is 16.1. The molecule has 0 aromatic carbocycles. The summed E-state index contributed by atoms with van der Waals surface area (Å²) in [5.74, 6) is 1.79. The van der Waals surface area contributed by atoms with Crippen LogP contribution >= 0.6 is 0 Å². The zero-order chi connectivity index (χ0) is 10.8. The Morgan fingerprint density at radius 1 is 1.47 bits per heavy atom. The van der Waals surface area contributed by atoms with Crippen LogP contribution in [0.15, 0.2) is 6.20 Å². The summed E-state index contributed by atoms with van der Waals surface area (Å²) >= 11 is 0. The molecule has 1 aliphatic heterocycles. The topological polar surface area (TPSA) is 46.1 Å². The highest BCUT2D eigenvalue weighted by Crippen LogP contribution is 2.23. The first-order valence-corrected chi connectivity index (χ1v) is 5.40. The van der Waals surface area contributed by atoms with Crippen molar-refractivity contribution in [3.63, 3.8) is 0 Å². The third-order valence-corrected chi connectivity index (χ3v) is 2.73.